The van der Waals surface area contributed by atoms with Gasteiger partial charge in [0.2, 0.25) is 0 Å². The summed E-state index contributed by atoms with van der Waals surface area (Å²) in [5.74, 6) is -1.09. The molecule has 0 unspecified atom stereocenters. The van der Waals surface area contributed by atoms with E-state index in [4.69, 9.17) is 9.15 Å². The summed E-state index contributed by atoms with van der Waals surface area (Å²) in [6.45, 7) is -0.0742. The normalized spacial score (nSPS) is 10.8. The van der Waals surface area contributed by atoms with Crippen molar-refractivity contribution in [3.05, 3.63) is 57.2 Å². The zero-order valence-corrected chi connectivity index (χ0v) is 13.6. The predicted octanol–water partition coefficient (Wildman–Crippen LogP) is 2.86. The van der Waals surface area contributed by atoms with Crippen LogP contribution < -0.4 is 5.76 Å². The minimum atomic E-state index is -0.596. The van der Waals surface area contributed by atoms with Crippen molar-refractivity contribution in [1.82, 2.24) is 4.57 Å². The van der Waals surface area contributed by atoms with E-state index < -0.39 is 11.7 Å². The number of hydrogen-bond donors (Lipinski definition) is 0. The van der Waals surface area contributed by atoms with E-state index >= 15 is 0 Å². The number of fused-ring (bicyclic) bond motifs is 1. The summed E-state index contributed by atoms with van der Waals surface area (Å²) in [5.41, 5.74) is 0.976. The molecule has 7 heteroatoms. The van der Waals surface area contributed by atoms with Crippen LogP contribution in [0.5, 0.6) is 0 Å². The number of ether oxygens (including phenoxy) is 1. The molecule has 0 aliphatic heterocycles. The standard InChI is InChI=1S/C17H15NO5S/c19-13(15-8-4-10-24-15)6-3-9-22-16(20)11-18-12-5-1-2-7-14(12)23-17(18)21/h1-2,4-5,7-8,10H,3,6,9,11H2. The Morgan fingerprint density at radius 3 is 2.79 bits per heavy atom. The molecule has 2 heterocycles. The lowest BCUT2D eigenvalue weighted by atomic mass is 10.2. The second kappa shape index (κ2) is 7.27. The van der Waals surface area contributed by atoms with E-state index in [2.05, 4.69) is 0 Å². The van der Waals surface area contributed by atoms with Gasteiger partial charge in [-0.2, -0.15) is 0 Å². The molecule has 3 rings (SSSR count). The fraction of sp³-hybridized carbons (Fsp3) is 0.235. The highest BCUT2D eigenvalue weighted by Crippen LogP contribution is 2.13. The van der Waals surface area contributed by atoms with Gasteiger partial charge >= 0.3 is 11.7 Å². The highest BCUT2D eigenvalue weighted by atomic mass is 32.1. The smallest absolute Gasteiger partial charge is 0.420 e. The lowest BCUT2D eigenvalue weighted by Crippen LogP contribution is -2.22. The lowest BCUT2D eigenvalue weighted by Gasteiger charge is -2.05. The minimum Gasteiger partial charge on any atom is -0.464 e. The fourth-order valence-corrected chi connectivity index (χ4v) is 3.01. The number of benzene rings is 1. The van der Waals surface area contributed by atoms with Crippen LogP contribution in [-0.2, 0) is 16.1 Å². The molecular weight excluding hydrogens is 330 g/mol. The van der Waals surface area contributed by atoms with Crippen molar-refractivity contribution < 1.29 is 18.7 Å². The van der Waals surface area contributed by atoms with Crippen LogP contribution in [0.1, 0.15) is 22.5 Å². The van der Waals surface area contributed by atoms with Crippen molar-refractivity contribution in [1.29, 1.82) is 0 Å². The van der Waals surface area contributed by atoms with Crippen molar-refractivity contribution >= 4 is 34.2 Å². The first-order valence-corrected chi connectivity index (χ1v) is 8.34. The Kier molecular flexibility index (Phi) is 4.90. The van der Waals surface area contributed by atoms with Gasteiger partial charge in [0.25, 0.3) is 0 Å². The topological polar surface area (TPSA) is 78.5 Å². The molecule has 3 aromatic rings. The number of hydrogen-bond acceptors (Lipinski definition) is 6. The van der Waals surface area contributed by atoms with Crippen LogP contribution in [0.25, 0.3) is 11.1 Å². The van der Waals surface area contributed by atoms with E-state index in [1.165, 1.54) is 15.9 Å². The van der Waals surface area contributed by atoms with Gasteiger partial charge in [-0.05, 0) is 30.0 Å². The van der Waals surface area contributed by atoms with E-state index in [1.807, 2.05) is 11.4 Å². The third kappa shape index (κ3) is 3.62. The molecule has 0 atom stereocenters. The number of thiophene rings is 1. The zero-order valence-electron chi connectivity index (χ0n) is 12.8. The van der Waals surface area contributed by atoms with Crippen LogP contribution in [0.15, 0.2) is 51.0 Å². The maximum Gasteiger partial charge on any atom is 0.420 e. The monoisotopic (exact) mass is 345 g/mol. The number of nitrogens with zero attached hydrogens (tertiary/aromatic N) is 1. The Morgan fingerprint density at radius 2 is 2.00 bits per heavy atom. The van der Waals surface area contributed by atoms with Crippen LogP contribution in [0.4, 0.5) is 0 Å². The van der Waals surface area contributed by atoms with Crippen molar-refractivity contribution in [2.75, 3.05) is 6.61 Å². The third-order valence-electron chi connectivity index (χ3n) is 3.47. The summed E-state index contributed by atoms with van der Waals surface area (Å²) in [6.07, 6.45) is 0.770. The first-order valence-electron chi connectivity index (χ1n) is 7.46. The van der Waals surface area contributed by atoms with Gasteiger partial charge in [-0.1, -0.05) is 18.2 Å². The van der Waals surface area contributed by atoms with Gasteiger partial charge in [-0.25, -0.2) is 4.79 Å². The van der Waals surface area contributed by atoms with Crippen molar-refractivity contribution in [3.8, 4) is 0 Å². The van der Waals surface area contributed by atoms with Gasteiger partial charge in [0.15, 0.2) is 11.4 Å². The van der Waals surface area contributed by atoms with E-state index in [1.54, 1.807) is 30.3 Å². The van der Waals surface area contributed by atoms with Crippen LogP contribution in [0, 0.1) is 0 Å². The molecule has 0 N–H and O–H groups in total. The maximum absolute atomic E-state index is 11.9. The number of esters is 1. The molecule has 0 spiro atoms. The van der Waals surface area contributed by atoms with E-state index in [0.29, 0.717) is 28.8 Å². The Labute approximate surface area is 141 Å². The van der Waals surface area contributed by atoms with Crippen LogP contribution in [0.3, 0.4) is 0 Å². The quantitative estimate of drug-likeness (QED) is 0.374. The molecule has 0 radical (unpaired) electrons. The molecule has 24 heavy (non-hydrogen) atoms. The van der Waals surface area contributed by atoms with Crippen LogP contribution in [-0.4, -0.2) is 22.9 Å². The van der Waals surface area contributed by atoms with Gasteiger partial charge in [-0.15, -0.1) is 11.3 Å². The maximum atomic E-state index is 11.9. The number of para-hydroxylation sites is 2. The van der Waals surface area contributed by atoms with Crippen molar-refractivity contribution in [2.24, 2.45) is 0 Å². The molecule has 0 amide bonds. The number of aromatic nitrogens is 1. The second-order valence-corrected chi connectivity index (χ2v) is 6.09. The molecule has 0 saturated heterocycles. The highest BCUT2D eigenvalue weighted by Gasteiger charge is 2.13. The zero-order chi connectivity index (χ0) is 16.9. The molecule has 0 aliphatic rings. The molecule has 0 fully saturated rings. The number of rotatable bonds is 7. The summed E-state index contributed by atoms with van der Waals surface area (Å²) < 4.78 is 11.4. The number of ketones is 1. The number of carbonyl (C=O) groups is 2. The van der Waals surface area contributed by atoms with Gasteiger partial charge in [0, 0.05) is 6.42 Å². The summed E-state index contributed by atoms with van der Waals surface area (Å²) in [4.78, 5) is 36.2. The van der Waals surface area contributed by atoms with Gasteiger partial charge in [-0.3, -0.25) is 14.2 Å². The van der Waals surface area contributed by atoms with E-state index in [-0.39, 0.29) is 18.9 Å². The molecule has 0 bridgehead atoms. The van der Waals surface area contributed by atoms with Crippen LogP contribution in [0.2, 0.25) is 0 Å². The fourth-order valence-electron chi connectivity index (χ4n) is 2.32. The Balaban J connectivity index is 1.50. The minimum absolute atomic E-state index is 0.0399. The van der Waals surface area contributed by atoms with Crippen molar-refractivity contribution in [2.45, 2.75) is 19.4 Å². The summed E-state index contributed by atoms with van der Waals surface area (Å²) in [6, 6.07) is 10.5. The number of oxazole rings is 1. The van der Waals surface area contributed by atoms with E-state index in [0.717, 1.165) is 0 Å². The summed E-state index contributed by atoms with van der Waals surface area (Å²) >= 11 is 1.40. The molecular formula is C17H15NO5S. The van der Waals surface area contributed by atoms with Crippen LogP contribution >= 0.6 is 11.3 Å². The molecule has 1 aromatic carbocycles. The SMILES string of the molecule is O=C(Cn1c(=O)oc2ccccc21)OCCCC(=O)c1cccs1. The van der Waals surface area contributed by atoms with Gasteiger partial charge in [0.05, 0.1) is 17.0 Å². The molecule has 2 aromatic heterocycles. The molecule has 0 aliphatic carbocycles. The average molecular weight is 345 g/mol. The first-order chi connectivity index (χ1) is 11.6. The largest absolute Gasteiger partial charge is 0.464 e. The van der Waals surface area contributed by atoms with Gasteiger partial charge in [0.1, 0.15) is 6.54 Å². The molecule has 6 nitrogen and oxygen atoms in total. The Morgan fingerprint density at radius 1 is 1.17 bits per heavy atom. The lowest BCUT2D eigenvalue weighted by molar-refractivity contribution is -0.144. The highest BCUT2D eigenvalue weighted by molar-refractivity contribution is 7.12. The summed E-state index contributed by atoms with van der Waals surface area (Å²) in [7, 11) is 0. The molecule has 124 valence electrons. The number of carbonyl (C=O) groups excluding carboxylic acids is 2. The first kappa shape index (κ1) is 16.2. The predicted molar refractivity (Wildman–Crippen MR) is 89.3 cm³/mol. The second-order valence-electron chi connectivity index (χ2n) is 5.15. The van der Waals surface area contributed by atoms with E-state index in [9.17, 15) is 14.4 Å². The summed E-state index contributed by atoms with van der Waals surface area (Å²) in [5, 5.41) is 1.85. The average Bonchev–Trinajstić information content (AvgIpc) is 3.20. The third-order valence-corrected chi connectivity index (χ3v) is 4.38. The Hall–Kier alpha value is -2.67. The van der Waals surface area contributed by atoms with Crippen molar-refractivity contribution in [3.63, 3.8) is 0 Å². The molecule has 0 saturated carbocycles. The van der Waals surface area contributed by atoms with Gasteiger partial charge < -0.3 is 9.15 Å². The number of Topliss-reactive ketones (excluding diaryl/α,β-unsaturated/α-hetero) is 1. The Bertz CT molecular complexity index is 907.